The molecule has 1 N–H and O–H groups in total. The average molecular weight is 236 g/mol. The third-order valence-electron chi connectivity index (χ3n) is 3.71. The van der Waals surface area contributed by atoms with Gasteiger partial charge in [0.1, 0.15) is 5.01 Å². The number of hydrogen-bond acceptors (Lipinski definition) is 3. The Morgan fingerprint density at radius 2 is 2.00 bits per heavy atom. The summed E-state index contributed by atoms with van der Waals surface area (Å²) in [6.07, 6.45) is 9.67. The Kier molecular flexibility index (Phi) is 3.25. The van der Waals surface area contributed by atoms with Gasteiger partial charge in [0.2, 0.25) is 0 Å². The molecule has 2 aliphatic rings. The van der Waals surface area contributed by atoms with Gasteiger partial charge in [-0.2, -0.15) is 0 Å². The summed E-state index contributed by atoms with van der Waals surface area (Å²) in [6.45, 7) is 0.988. The predicted octanol–water partition coefficient (Wildman–Crippen LogP) is 3.44. The van der Waals surface area contributed by atoms with E-state index in [-0.39, 0.29) is 0 Å². The minimum Gasteiger partial charge on any atom is -0.308 e. The largest absolute Gasteiger partial charge is 0.308 e. The Balaban J connectivity index is 1.57. The molecule has 2 nitrogen and oxygen atoms in total. The van der Waals surface area contributed by atoms with Crippen LogP contribution < -0.4 is 5.32 Å². The Morgan fingerprint density at radius 3 is 2.75 bits per heavy atom. The summed E-state index contributed by atoms with van der Waals surface area (Å²) < 4.78 is 0. The molecule has 2 fully saturated rings. The summed E-state index contributed by atoms with van der Waals surface area (Å²) in [7, 11) is 0. The highest BCUT2D eigenvalue weighted by atomic mass is 32.1. The number of rotatable bonds is 4. The van der Waals surface area contributed by atoms with Crippen LogP contribution in [-0.2, 0) is 6.54 Å². The van der Waals surface area contributed by atoms with Crippen LogP contribution in [0.25, 0.3) is 0 Å². The fraction of sp³-hybridized carbons (Fsp3) is 0.769. The van der Waals surface area contributed by atoms with Crippen LogP contribution in [0.3, 0.4) is 0 Å². The summed E-state index contributed by atoms with van der Waals surface area (Å²) in [5.74, 6) is 0.764. The zero-order chi connectivity index (χ0) is 10.8. The average Bonchev–Trinajstić information content (AvgIpc) is 3.05. The van der Waals surface area contributed by atoms with Crippen LogP contribution in [0.2, 0.25) is 0 Å². The molecule has 3 rings (SSSR count). The van der Waals surface area contributed by atoms with Gasteiger partial charge in [-0.15, -0.1) is 11.3 Å². The molecule has 2 saturated carbocycles. The normalized spacial score (nSPS) is 22.5. The molecule has 2 aliphatic carbocycles. The predicted molar refractivity (Wildman–Crippen MR) is 67.8 cm³/mol. The molecule has 16 heavy (non-hydrogen) atoms. The Labute approximate surface area is 101 Å². The second kappa shape index (κ2) is 4.84. The van der Waals surface area contributed by atoms with Crippen molar-refractivity contribution in [3.05, 3.63) is 16.1 Å². The van der Waals surface area contributed by atoms with E-state index in [0.29, 0.717) is 0 Å². The molecule has 0 saturated heterocycles. The molecule has 1 aromatic heterocycles. The van der Waals surface area contributed by atoms with Gasteiger partial charge in [0.05, 0.1) is 5.69 Å². The molecule has 0 atom stereocenters. The highest BCUT2D eigenvalue weighted by Crippen LogP contribution is 2.33. The van der Waals surface area contributed by atoms with Crippen LogP contribution in [0.5, 0.6) is 0 Å². The van der Waals surface area contributed by atoms with Gasteiger partial charge in [0.15, 0.2) is 0 Å². The lowest BCUT2D eigenvalue weighted by Gasteiger charge is -2.19. The maximum atomic E-state index is 4.79. The lowest BCUT2D eigenvalue weighted by molar-refractivity contribution is 0.437. The molecule has 1 heterocycles. The Hall–Kier alpha value is -0.410. The minimum atomic E-state index is 0.764. The highest BCUT2D eigenvalue weighted by Gasteiger charge is 2.21. The van der Waals surface area contributed by atoms with Gasteiger partial charge in [-0.3, -0.25) is 0 Å². The lowest BCUT2D eigenvalue weighted by Crippen LogP contribution is -2.15. The number of aromatic nitrogens is 1. The zero-order valence-electron chi connectivity index (χ0n) is 9.74. The maximum absolute atomic E-state index is 4.79. The van der Waals surface area contributed by atoms with Crippen molar-refractivity contribution in [1.82, 2.24) is 10.3 Å². The van der Waals surface area contributed by atoms with Crippen molar-refractivity contribution in [3.63, 3.8) is 0 Å². The second-order valence-corrected chi connectivity index (χ2v) is 6.10. The Bertz CT molecular complexity index is 337. The fourth-order valence-electron chi connectivity index (χ4n) is 2.51. The van der Waals surface area contributed by atoms with E-state index in [1.165, 1.54) is 55.6 Å². The van der Waals surface area contributed by atoms with Crippen molar-refractivity contribution in [2.24, 2.45) is 0 Å². The van der Waals surface area contributed by atoms with Crippen LogP contribution in [0.15, 0.2) is 5.38 Å². The summed E-state index contributed by atoms with van der Waals surface area (Å²) in [5.41, 5.74) is 1.37. The van der Waals surface area contributed by atoms with Crippen LogP contribution in [0, 0.1) is 0 Å². The second-order valence-electron chi connectivity index (χ2n) is 5.16. The van der Waals surface area contributed by atoms with Gasteiger partial charge in [0.25, 0.3) is 0 Å². The number of hydrogen-bond donors (Lipinski definition) is 1. The standard InChI is InChI=1S/C13H20N2S/c1-2-4-10(5-3-1)12-9-16-13(15-12)8-14-11-6-7-11/h9-11,14H,1-8H2. The van der Waals surface area contributed by atoms with Crippen LogP contribution in [0.4, 0.5) is 0 Å². The molecule has 0 bridgehead atoms. The molecule has 0 aliphatic heterocycles. The number of nitrogens with one attached hydrogen (secondary N) is 1. The smallest absolute Gasteiger partial charge is 0.107 e. The summed E-state index contributed by atoms with van der Waals surface area (Å²) in [4.78, 5) is 4.79. The molecular formula is C13H20N2S. The summed E-state index contributed by atoms with van der Waals surface area (Å²) in [6, 6.07) is 0.794. The van der Waals surface area contributed by atoms with E-state index in [4.69, 9.17) is 4.98 Å². The molecule has 0 spiro atoms. The molecule has 0 radical (unpaired) electrons. The van der Waals surface area contributed by atoms with Crippen molar-refractivity contribution in [2.75, 3.05) is 0 Å². The first-order chi connectivity index (χ1) is 7.92. The summed E-state index contributed by atoms with van der Waals surface area (Å²) in [5, 5.41) is 7.11. The number of nitrogens with zero attached hydrogens (tertiary/aromatic N) is 1. The first kappa shape index (κ1) is 10.7. The van der Waals surface area contributed by atoms with E-state index >= 15 is 0 Å². The van der Waals surface area contributed by atoms with Gasteiger partial charge in [-0.1, -0.05) is 19.3 Å². The molecular weight excluding hydrogens is 216 g/mol. The minimum absolute atomic E-state index is 0.764. The monoisotopic (exact) mass is 236 g/mol. The van der Waals surface area contributed by atoms with Crippen molar-refractivity contribution in [1.29, 1.82) is 0 Å². The van der Waals surface area contributed by atoms with Gasteiger partial charge in [-0.05, 0) is 25.7 Å². The fourth-order valence-corrected chi connectivity index (χ4v) is 3.34. The molecule has 0 amide bonds. The molecule has 0 unspecified atom stereocenters. The molecule has 3 heteroatoms. The van der Waals surface area contributed by atoms with Crippen LogP contribution in [-0.4, -0.2) is 11.0 Å². The van der Waals surface area contributed by atoms with Gasteiger partial charge in [-0.25, -0.2) is 4.98 Å². The van der Waals surface area contributed by atoms with Crippen molar-refractivity contribution >= 4 is 11.3 Å². The quantitative estimate of drug-likeness (QED) is 0.866. The molecule has 88 valence electrons. The van der Waals surface area contributed by atoms with E-state index < -0.39 is 0 Å². The van der Waals surface area contributed by atoms with Crippen LogP contribution >= 0.6 is 11.3 Å². The highest BCUT2D eigenvalue weighted by molar-refractivity contribution is 7.09. The van der Waals surface area contributed by atoms with E-state index in [2.05, 4.69) is 10.7 Å². The van der Waals surface area contributed by atoms with E-state index in [0.717, 1.165) is 18.5 Å². The van der Waals surface area contributed by atoms with E-state index in [1.807, 2.05) is 11.3 Å². The SMILES string of the molecule is c1sc(CNC2CC2)nc1C1CCCCC1. The van der Waals surface area contributed by atoms with E-state index in [1.54, 1.807) is 0 Å². The van der Waals surface area contributed by atoms with Gasteiger partial charge in [0, 0.05) is 23.9 Å². The van der Waals surface area contributed by atoms with E-state index in [9.17, 15) is 0 Å². The first-order valence-electron chi connectivity index (χ1n) is 6.59. The topological polar surface area (TPSA) is 24.9 Å². The number of thiazole rings is 1. The van der Waals surface area contributed by atoms with Gasteiger partial charge >= 0.3 is 0 Å². The van der Waals surface area contributed by atoms with Crippen LogP contribution in [0.1, 0.15) is 61.6 Å². The first-order valence-corrected chi connectivity index (χ1v) is 7.47. The van der Waals surface area contributed by atoms with Crippen molar-refractivity contribution in [2.45, 2.75) is 63.5 Å². The third-order valence-corrected chi connectivity index (χ3v) is 4.58. The molecule has 1 aromatic rings. The van der Waals surface area contributed by atoms with Crippen molar-refractivity contribution in [3.8, 4) is 0 Å². The third kappa shape index (κ3) is 2.64. The lowest BCUT2D eigenvalue weighted by atomic mass is 9.87. The summed E-state index contributed by atoms with van der Waals surface area (Å²) >= 11 is 1.84. The zero-order valence-corrected chi connectivity index (χ0v) is 10.6. The van der Waals surface area contributed by atoms with Crippen molar-refractivity contribution < 1.29 is 0 Å². The molecule has 0 aromatic carbocycles. The maximum Gasteiger partial charge on any atom is 0.107 e. The Morgan fingerprint density at radius 1 is 1.19 bits per heavy atom. The van der Waals surface area contributed by atoms with Gasteiger partial charge < -0.3 is 5.32 Å².